The Kier molecular flexibility index (Phi) is 6.30. The Morgan fingerprint density at radius 1 is 1.45 bits per heavy atom. The van der Waals surface area contributed by atoms with Gasteiger partial charge in [-0.3, -0.25) is 14.9 Å². The van der Waals surface area contributed by atoms with Gasteiger partial charge in [0.05, 0.1) is 12.0 Å². The van der Waals surface area contributed by atoms with E-state index in [0.717, 1.165) is 0 Å². The first-order valence-electron chi connectivity index (χ1n) is 7.11. The summed E-state index contributed by atoms with van der Waals surface area (Å²) >= 11 is 0. The number of carbonyl (C=O) groups excluding carboxylic acids is 1. The lowest BCUT2D eigenvalue weighted by Crippen LogP contribution is -2.34. The van der Waals surface area contributed by atoms with Crippen LogP contribution >= 0.6 is 0 Å². The van der Waals surface area contributed by atoms with Crippen LogP contribution in [-0.2, 0) is 0 Å². The summed E-state index contributed by atoms with van der Waals surface area (Å²) in [6, 6.07) is 4.13. The molecule has 0 saturated heterocycles. The number of benzene rings is 1. The zero-order valence-electron chi connectivity index (χ0n) is 13.4. The van der Waals surface area contributed by atoms with Crippen molar-refractivity contribution >= 4 is 11.6 Å². The van der Waals surface area contributed by atoms with Crippen molar-refractivity contribution in [2.75, 3.05) is 20.7 Å². The number of rotatable bonds is 7. The van der Waals surface area contributed by atoms with Gasteiger partial charge < -0.3 is 15.4 Å². The zero-order chi connectivity index (χ0) is 16.9. The van der Waals surface area contributed by atoms with E-state index in [0.29, 0.717) is 24.4 Å². The highest BCUT2D eigenvalue weighted by atomic mass is 16.6. The van der Waals surface area contributed by atoms with Crippen LogP contribution in [0, 0.1) is 16.0 Å². The molecule has 1 unspecified atom stereocenters. The lowest BCUT2D eigenvalue weighted by molar-refractivity contribution is -0.385. The molecule has 0 heterocycles. The minimum absolute atomic E-state index is 0.0293. The van der Waals surface area contributed by atoms with Crippen LogP contribution in [0.5, 0.6) is 5.75 Å². The summed E-state index contributed by atoms with van der Waals surface area (Å²) in [5, 5.41) is 10.9. The van der Waals surface area contributed by atoms with E-state index < -0.39 is 4.92 Å². The Balaban J connectivity index is 2.82. The van der Waals surface area contributed by atoms with Gasteiger partial charge in [-0.15, -0.1) is 0 Å². The molecular formula is C15H23N3O4. The van der Waals surface area contributed by atoms with Gasteiger partial charge in [-0.1, -0.05) is 13.8 Å². The normalized spacial score (nSPS) is 12.1. The van der Waals surface area contributed by atoms with E-state index in [9.17, 15) is 14.9 Å². The van der Waals surface area contributed by atoms with Gasteiger partial charge in [-0.2, -0.15) is 0 Å². The molecule has 0 aromatic heterocycles. The SMILES string of the molecule is COc1cc(C(=O)N(C)CCC(N)C(C)C)ccc1[N+](=O)[O-]. The summed E-state index contributed by atoms with van der Waals surface area (Å²) in [4.78, 5) is 24.2. The van der Waals surface area contributed by atoms with Crippen LogP contribution in [-0.4, -0.2) is 42.5 Å². The van der Waals surface area contributed by atoms with Crippen molar-refractivity contribution in [3.63, 3.8) is 0 Å². The average molecular weight is 309 g/mol. The van der Waals surface area contributed by atoms with Crippen molar-refractivity contribution in [2.45, 2.75) is 26.3 Å². The van der Waals surface area contributed by atoms with Crippen LogP contribution in [0.25, 0.3) is 0 Å². The van der Waals surface area contributed by atoms with Crippen molar-refractivity contribution in [3.05, 3.63) is 33.9 Å². The van der Waals surface area contributed by atoms with E-state index in [1.54, 1.807) is 11.9 Å². The summed E-state index contributed by atoms with van der Waals surface area (Å²) in [6.45, 7) is 4.60. The topological polar surface area (TPSA) is 98.7 Å². The second kappa shape index (κ2) is 7.74. The van der Waals surface area contributed by atoms with Crippen LogP contribution < -0.4 is 10.5 Å². The summed E-state index contributed by atoms with van der Waals surface area (Å²) in [5.41, 5.74) is 6.16. The highest BCUT2D eigenvalue weighted by Gasteiger charge is 2.20. The molecule has 122 valence electrons. The third kappa shape index (κ3) is 4.42. The molecule has 0 saturated carbocycles. The largest absolute Gasteiger partial charge is 0.490 e. The minimum Gasteiger partial charge on any atom is -0.490 e. The second-order valence-corrected chi connectivity index (χ2v) is 5.57. The van der Waals surface area contributed by atoms with Gasteiger partial charge in [0.25, 0.3) is 5.91 Å². The molecule has 22 heavy (non-hydrogen) atoms. The first-order valence-corrected chi connectivity index (χ1v) is 7.11. The smallest absolute Gasteiger partial charge is 0.310 e. The third-order valence-electron chi connectivity index (χ3n) is 3.62. The number of carbonyl (C=O) groups is 1. The van der Waals surface area contributed by atoms with Crippen LogP contribution in [0.1, 0.15) is 30.6 Å². The maximum Gasteiger partial charge on any atom is 0.310 e. The van der Waals surface area contributed by atoms with E-state index in [2.05, 4.69) is 0 Å². The fourth-order valence-corrected chi connectivity index (χ4v) is 1.96. The molecule has 1 rings (SSSR count). The standard InChI is InChI=1S/C15H23N3O4/c1-10(2)12(16)7-8-17(3)15(19)11-5-6-13(18(20)21)14(9-11)22-4/h5-6,9-10,12H,7-8,16H2,1-4H3. The molecule has 1 atom stereocenters. The van der Waals surface area contributed by atoms with Crippen LogP contribution in [0.3, 0.4) is 0 Å². The highest BCUT2D eigenvalue weighted by Crippen LogP contribution is 2.27. The number of methoxy groups -OCH3 is 1. The van der Waals surface area contributed by atoms with Gasteiger partial charge in [0, 0.05) is 37.3 Å². The van der Waals surface area contributed by atoms with Crippen molar-refractivity contribution in [2.24, 2.45) is 11.7 Å². The Morgan fingerprint density at radius 2 is 2.09 bits per heavy atom. The van der Waals surface area contributed by atoms with Gasteiger partial charge in [0.2, 0.25) is 0 Å². The number of nitrogens with two attached hydrogens (primary N) is 1. The summed E-state index contributed by atoms with van der Waals surface area (Å²) in [6.07, 6.45) is 0.698. The van der Waals surface area contributed by atoms with Crippen molar-refractivity contribution in [1.82, 2.24) is 4.90 Å². The average Bonchev–Trinajstić information content (AvgIpc) is 2.50. The monoisotopic (exact) mass is 309 g/mol. The van der Waals surface area contributed by atoms with Gasteiger partial charge in [-0.05, 0) is 18.4 Å². The lowest BCUT2D eigenvalue weighted by atomic mass is 10.0. The Labute approximate surface area is 130 Å². The Hall–Kier alpha value is -2.15. The van der Waals surface area contributed by atoms with Crippen LogP contribution in [0.15, 0.2) is 18.2 Å². The minimum atomic E-state index is -0.543. The maximum atomic E-state index is 12.3. The van der Waals surface area contributed by atoms with Crippen molar-refractivity contribution in [1.29, 1.82) is 0 Å². The van der Waals surface area contributed by atoms with E-state index in [1.807, 2.05) is 13.8 Å². The molecule has 1 aromatic rings. The molecule has 0 radical (unpaired) electrons. The van der Waals surface area contributed by atoms with Gasteiger partial charge in [0.15, 0.2) is 5.75 Å². The third-order valence-corrected chi connectivity index (χ3v) is 3.62. The molecule has 2 N–H and O–H groups in total. The second-order valence-electron chi connectivity index (χ2n) is 5.57. The molecule has 0 bridgehead atoms. The number of amides is 1. The molecular weight excluding hydrogens is 286 g/mol. The highest BCUT2D eigenvalue weighted by molar-refractivity contribution is 5.94. The Bertz CT molecular complexity index is 546. The Morgan fingerprint density at radius 3 is 2.59 bits per heavy atom. The predicted molar refractivity (Wildman–Crippen MR) is 84.0 cm³/mol. The van der Waals surface area contributed by atoms with E-state index in [1.165, 1.54) is 25.3 Å². The fourth-order valence-electron chi connectivity index (χ4n) is 1.96. The fraction of sp³-hybridized carbons (Fsp3) is 0.533. The number of hydrogen-bond acceptors (Lipinski definition) is 5. The number of nitro groups is 1. The molecule has 7 heteroatoms. The number of nitrogens with zero attached hydrogens (tertiary/aromatic N) is 2. The molecule has 1 amide bonds. The van der Waals surface area contributed by atoms with E-state index >= 15 is 0 Å². The predicted octanol–water partition coefficient (Wildman–Crippen LogP) is 2.05. The quantitative estimate of drug-likeness (QED) is 0.614. The molecule has 0 aliphatic heterocycles. The molecule has 7 nitrogen and oxygen atoms in total. The van der Waals surface area contributed by atoms with Crippen molar-refractivity contribution in [3.8, 4) is 5.75 Å². The number of ether oxygens (including phenoxy) is 1. The number of nitro benzene ring substituents is 1. The zero-order valence-corrected chi connectivity index (χ0v) is 13.4. The first kappa shape index (κ1) is 17.9. The summed E-state index contributed by atoms with van der Waals surface area (Å²) < 4.78 is 4.97. The van der Waals surface area contributed by atoms with E-state index in [-0.39, 0.29) is 23.4 Å². The molecule has 1 aromatic carbocycles. The maximum absolute atomic E-state index is 12.3. The number of hydrogen-bond donors (Lipinski definition) is 1. The molecule has 0 aliphatic carbocycles. The lowest BCUT2D eigenvalue weighted by Gasteiger charge is -2.21. The summed E-state index contributed by atoms with van der Waals surface area (Å²) in [5.74, 6) is 0.204. The van der Waals surface area contributed by atoms with Gasteiger partial charge in [-0.25, -0.2) is 0 Å². The summed E-state index contributed by atoms with van der Waals surface area (Å²) in [7, 11) is 3.02. The van der Waals surface area contributed by atoms with Crippen LogP contribution in [0.2, 0.25) is 0 Å². The first-order chi connectivity index (χ1) is 10.3. The molecule has 0 fully saturated rings. The van der Waals surface area contributed by atoms with E-state index in [4.69, 9.17) is 10.5 Å². The van der Waals surface area contributed by atoms with Gasteiger partial charge >= 0.3 is 5.69 Å². The van der Waals surface area contributed by atoms with Crippen molar-refractivity contribution < 1.29 is 14.5 Å². The molecule has 0 spiro atoms. The van der Waals surface area contributed by atoms with Gasteiger partial charge in [0.1, 0.15) is 0 Å². The van der Waals surface area contributed by atoms with Crippen LogP contribution in [0.4, 0.5) is 5.69 Å². The molecule has 0 aliphatic rings.